The van der Waals surface area contributed by atoms with Gasteiger partial charge in [-0.05, 0) is 43.7 Å². The summed E-state index contributed by atoms with van der Waals surface area (Å²) in [6.45, 7) is 1.77. The van der Waals surface area contributed by atoms with E-state index in [2.05, 4.69) is 20.6 Å². The summed E-state index contributed by atoms with van der Waals surface area (Å²) in [6.07, 6.45) is 3.30. The van der Waals surface area contributed by atoms with E-state index in [-0.39, 0.29) is 30.0 Å². The van der Waals surface area contributed by atoms with Crippen LogP contribution in [0.1, 0.15) is 19.3 Å². The molecule has 2 aliphatic rings. The highest BCUT2D eigenvalue weighted by atomic mass is 16.5. The lowest BCUT2D eigenvalue weighted by Crippen LogP contribution is -2.33. The summed E-state index contributed by atoms with van der Waals surface area (Å²) in [7, 11) is 1.53. The number of nitrogens with one attached hydrogen (secondary N) is 2. The van der Waals surface area contributed by atoms with Crippen molar-refractivity contribution in [3.05, 3.63) is 46.9 Å². The number of benzene rings is 1. The molecule has 2 aliphatic heterocycles. The van der Waals surface area contributed by atoms with Gasteiger partial charge in [-0.1, -0.05) is 0 Å². The Morgan fingerprint density at radius 1 is 1.20 bits per heavy atom. The van der Waals surface area contributed by atoms with Gasteiger partial charge in [0, 0.05) is 37.3 Å². The molecule has 1 unspecified atom stereocenters. The van der Waals surface area contributed by atoms with E-state index in [9.17, 15) is 14.4 Å². The van der Waals surface area contributed by atoms with Crippen molar-refractivity contribution >= 4 is 34.4 Å². The number of nitrogens with zero attached hydrogens (tertiary/aromatic N) is 4. The Kier molecular flexibility index (Phi) is 6.32. The molecule has 4 heterocycles. The van der Waals surface area contributed by atoms with Crippen LogP contribution in [0.2, 0.25) is 0 Å². The summed E-state index contributed by atoms with van der Waals surface area (Å²) in [5, 5.41) is 6.22. The number of anilines is 2. The fourth-order valence-electron chi connectivity index (χ4n) is 4.39. The minimum Gasteiger partial charge on any atom is -0.482 e. The molecule has 5 rings (SSSR count). The van der Waals surface area contributed by atoms with E-state index in [1.165, 1.54) is 13.3 Å². The lowest BCUT2D eigenvalue weighted by molar-refractivity contribution is -0.118. The van der Waals surface area contributed by atoms with Crippen molar-refractivity contribution in [3.8, 4) is 11.6 Å². The van der Waals surface area contributed by atoms with Crippen LogP contribution in [0.4, 0.5) is 11.4 Å². The van der Waals surface area contributed by atoms with Crippen molar-refractivity contribution < 1.29 is 19.1 Å². The molecule has 11 nitrogen and oxygen atoms in total. The molecule has 0 aliphatic carbocycles. The lowest BCUT2D eigenvalue weighted by Gasteiger charge is -2.22. The van der Waals surface area contributed by atoms with E-state index in [1.54, 1.807) is 33.7 Å². The monoisotopic (exact) mass is 478 g/mol. The van der Waals surface area contributed by atoms with Crippen molar-refractivity contribution in [1.29, 1.82) is 0 Å². The van der Waals surface area contributed by atoms with Crippen molar-refractivity contribution in [2.24, 2.45) is 0 Å². The average molecular weight is 479 g/mol. The Balaban J connectivity index is 1.14. The van der Waals surface area contributed by atoms with E-state index >= 15 is 0 Å². The molecule has 1 aromatic carbocycles. The van der Waals surface area contributed by atoms with Crippen molar-refractivity contribution in [2.45, 2.75) is 31.8 Å². The maximum absolute atomic E-state index is 12.6. The largest absolute Gasteiger partial charge is 0.482 e. The molecule has 1 saturated heterocycles. The predicted molar refractivity (Wildman–Crippen MR) is 129 cm³/mol. The molecule has 11 heteroatoms. The first-order valence-corrected chi connectivity index (χ1v) is 11.5. The first-order valence-electron chi connectivity index (χ1n) is 11.5. The summed E-state index contributed by atoms with van der Waals surface area (Å²) in [6, 6.07) is 8.90. The van der Waals surface area contributed by atoms with Crippen LogP contribution >= 0.6 is 0 Å². The molecule has 2 N–H and O–H groups in total. The van der Waals surface area contributed by atoms with Crippen LogP contribution in [-0.2, 0) is 16.1 Å². The van der Waals surface area contributed by atoms with Gasteiger partial charge in [-0.3, -0.25) is 19.0 Å². The maximum Gasteiger partial charge on any atom is 0.270 e. The number of hydrogen-bond donors (Lipinski definition) is 2. The van der Waals surface area contributed by atoms with Crippen LogP contribution < -0.4 is 30.6 Å². The Morgan fingerprint density at radius 3 is 2.94 bits per heavy atom. The van der Waals surface area contributed by atoms with Gasteiger partial charge in [-0.25, -0.2) is 4.98 Å². The molecule has 182 valence electrons. The van der Waals surface area contributed by atoms with Crippen LogP contribution in [0.5, 0.6) is 11.6 Å². The number of ether oxygens (including phenoxy) is 2. The first kappa shape index (κ1) is 22.8. The second-order valence-corrected chi connectivity index (χ2v) is 8.53. The number of hydrogen-bond acceptors (Lipinski definition) is 8. The van der Waals surface area contributed by atoms with E-state index < -0.39 is 0 Å². The van der Waals surface area contributed by atoms with Crippen LogP contribution in [-0.4, -0.2) is 59.2 Å². The van der Waals surface area contributed by atoms with Gasteiger partial charge in [0.25, 0.3) is 11.5 Å². The maximum atomic E-state index is 12.6. The van der Waals surface area contributed by atoms with Gasteiger partial charge < -0.3 is 25.0 Å². The summed E-state index contributed by atoms with van der Waals surface area (Å²) in [5.74, 6) is 0.855. The second kappa shape index (κ2) is 9.71. The third-order valence-corrected chi connectivity index (χ3v) is 6.15. The number of unbranched alkanes of at least 4 members (excludes halogenated alkanes) is 1. The summed E-state index contributed by atoms with van der Waals surface area (Å²) < 4.78 is 12.2. The van der Waals surface area contributed by atoms with Gasteiger partial charge in [0.2, 0.25) is 11.8 Å². The molecular formula is C24H26N6O5. The smallest absolute Gasteiger partial charge is 0.270 e. The zero-order valence-electron chi connectivity index (χ0n) is 19.3. The summed E-state index contributed by atoms with van der Waals surface area (Å²) in [4.78, 5) is 46.8. The van der Waals surface area contributed by atoms with Gasteiger partial charge in [0.15, 0.2) is 12.3 Å². The second-order valence-electron chi connectivity index (χ2n) is 8.53. The van der Waals surface area contributed by atoms with Gasteiger partial charge in [-0.2, -0.15) is 4.98 Å². The molecule has 0 saturated carbocycles. The summed E-state index contributed by atoms with van der Waals surface area (Å²) in [5.41, 5.74) is 2.26. The van der Waals surface area contributed by atoms with Crippen molar-refractivity contribution in [2.75, 3.05) is 37.0 Å². The number of methoxy groups -OCH3 is 1. The Labute approximate surface area is 201 Å². The van der Waals surface area contributed by atoms with Crippen LogP contribution in [0.25, 0.3) is 11.2 Å². The van der Waals surface area contributed by atoms with E-state index in [4.69, 9.17) is 9.47 Å². The lowest BCUT2D eigenvalue weighted by atomic mass is 10.2. The Hall–Kier alpha value is -3.99. The molecule has 2 amide bonds. The van der Waals surface area contributed by atoms with Crippen LogP contribution in [0, 0.1) is 0 Å². The standard InChI is InChI=1S/C24H26N6O5/c1-34-21-7-5-17-24(28-21)29(23(33)12-26-17)9-3-2-8-25-15-10-22(32)30(13-15)16-4-6-19-18(11-16)27-20(31)14-35-19/h4-7,11-12,15,25H,2-3,8-10,13-14H2,1H3,(H,27,31). The molecule has 0 spiro atoms. The highest BCUT2D eigenvalue weighted by Crippen LogP contribution is 2.33. The number of amides is 2. The van der Waals surface area contributed by atoms with Crippen molar-refractivity contribution in [1.82, 2.24) is 19.9 Å². The van der Waals surface area contributed by atoms with Gasteiger partial charge >= 0.3 is 0 Å². The van der Waals surface area contributed by atoms with Gasteiger partial charge in [0.05, 0.1) is 19.0 Å². The minimum atomic E-state index is -0.209. The minimum absolute atomic E-state index is 0.00227. The number of pyridine rings is 1. The van der Waals surface area contributed by atoms with Crippen LogP contribution in [0.15, 0.2) is 41.3 Å². The number of rotatable bonds is 8. The quantitative estimate of drug-likeness (QED) is 0.464. The van der Waals surface area contributed by atoms with Gasteiger partial charge in [-0.15, -0.1) is 0 Å². The third-order valence-electron chi connectivity index (χ3n) is 6.15. The SMILES string of the molecule is COc1ccc2ncc(=O)n(CCCCNC3CC(=O)N(c4ccc5c(c4)NC(=O)CO5)C3)c2n1. The third kappa shape index (κ3) is 4.80. The van der Waals surface area contributed by atoms with E-state index in [0.717, 1.165) is 18.5 Å². The molecule has 0 bridgehead atoms. The molecular weight excluding hydrogens is 452 g/mol. The number of aryl methyl sites for hydroxylation is 1. The normalized spacial score (nSPS) is 17.3. The highest BCUT2D eigenvalue weighted by molar-refractivity contribution is 5.99. The topological polar surface area (TPSA) is 128 Å². The first-order chi connectivity index (χ1) is 17.0. The molecule has 3 aromatic rings. The number of carbonyl (C=O) groups is 2. The van der Waals surface area contributed by atoms with Crippen LogP contribution in [0.3, 0.4) is 0 Å². The molecule has 1 atom stereocenters. The zero-order chi connectivity index (χ0) is 24.4. The fraction of sp³-hybridized carbons (Fsp3) is 0.375. The number of fused-ring (bicyclic) bond motifs is 2. The highest BCUT2D eigenvalue weighted by Gasteiger charge is 2.31. The summed E-state index contributed by atoms with van der Waals surface area (Å²) >= 11 is 0. The average Bonchev–Trinajstić information content (AvgIpc) is 3.24. The van der Waals surface area contributed by atoms with E-state index in [1.807, 2.05) is 6.07 Å². The Morgan fingerprint density at radius 2 is 2.09 bits per heavy atom. The number of carbonyl (C=O) groups excluding carboxylic acids is 2. The van der Waals surface area contributed by atoms with Gasteiger partial charge in [0.1, 0.15) is 11.3 Å². The predicted octanol–water partition coefficient (Wildman–Crippen LogP) is 1.31. The Bertz CT molecular complexity index is 1340. The molecule has 2 aromatic heterocycles. The van der Waals surface area contributed by atoms with Crippen molar-refractivity contribution in [3.63, 3.8) is 0 Å². The molecule has 0 radical (unpaired) electrons. The fourth-order valence-corrected chi connectivity index (χ4v) is 4.39. The molecule has 1 fully saturated rings. The molecule has 35 heavy (non-hydrogen) atoms. The number of aromatic nitrogens is 3. The zero-order valence-corrected chi connectivity index (χ0v) is 19.3. The van der Waals surface area contributed by atoms with E-state index in [0.29, 0.717) is 54.5 Å².